The number of carbonyl (C=O) groups excluding carboxylic acids is 1. The van der Waals surface area contributed by atoms with Gasteiger partial charge in [-0.15, -0.1) is 10.2 Å². The molecule has 31 heavy (non-hydrogen) atoms. The quantitative estimate of drug-likeness (QED) is 0.236. The van der Waals surface area contributed by atoms with Gasteiger partial charge in [0.1, 0.15) is 0 Å². The molecule has 3 aromatic rings. The predicted molar refractivity (Wildman–Crippen MR) is 126 cm³/mol. The summed E-state index contributed by atoms with van der Waals surface area (Å²) in [5.74, 6) is 1.33. The zero-order chi connectivity index (χ0) is 22.4. The van der Waals surface area contributed by atoms with Gasteiger partial charge in [-0.2, -0.15) is 0 Å². The molecular weight excluding hydrogens is 408 g/mol. The number of aromatic nitrogens is 4. The Kier molecular flexibility index (Phi) is 8.09. The topological polar surface area (TPSA) is 61.9 Å². The standard InChI is InChI=1S/C24H32N4O2S/c1-6-11-28-23(20-10-7-9-17(2)14-20)25-26-24(28)31-16-22(29)21-15-18(3)27(19(21)4)12-8-13-30-5/h7,9-10,14-15H,6,8,11-13,16H2,1-5H3. The molecule has 0 fully saturated rings. The van der Waals surface area contributed by atoms with Crippen LogP contribution in [-0.2, 0) is 17.8 Å². The fourth-order valence-corrected chi connectivity index (χ4v) is 4.67. The van der Waals surface area contributed by atoms with E-state index in [2.05, 4.69) is 58.3 Å². The normalized spacial score (nSPS) is 11.3. The minimum atomic E-state index is 0.124. The first-order chi connectivity index (χ1) is 15.0. The molecule has 0 atom stereocenters. The molecular formula is C24H32N4O2S. The van der Waals surface area contributed by atoms with Gasteiger partial charge in [-0.25, -0.2) is 0 Å². The second-order valence-corrected chi connectivity index (χ2v) is 8.76. The SMILES string of the molecule is CCCn1c(SCC(=O)c2cc(C)n(CCCOC)c2C)nnc1-c1cccc(C)c1. The minimum Gasteiger partial charge on any atom is -0.385 e. The summed E-state index contributed by atoms with van der Waals surface area (Å²) in [5, 5.41) is 9.64. The molecule has 0 spiro atoms. The first-order valence-electron chi connectivity index (χ1n) is 10.8. The summed E-state index contributed by atoms with van der Waals surface area (Å²) in [6.07, 6.45) is 1.90. The van der Waals surface area contributed by atoms with Gasteiger partial charge >= 0.3 is 0 Å². The maximum atomic E-state index is 13.0. The van der Waals surface area contributed by atoms with E-state index in [0.717, 1.165) is 59.4 Å². The first kappa shape index (κ1) is 23.3. The first-order valence-corrected chi connectivity index (χ1v) is 11.8. The molecule has 0 aliphatic heterocycles. The lowest BCUT2D eigenvalue weighted by atomic mass is 10.1. The fraction of sp³-hybridized carbons (Fsp3) is 0.458. The van der Waals surface area contributed by atoms with Crippen LogP contribution in [0.2, 0.25) is 0 Å². The Morgan fingerprint density at radius 1 is 1.10 bits per heavy atom. The highest BCUT2D eigenvalue weighted by atomic mass is 32.2. The molecule has 0 unspecified atom stereocenters. The average Bonchev–Trinajstić information content (AvgIpc) is 3.28. The number of methoxy groups -OCH3 is 1. The molecule has 0 aliphatic carbocycles. The van der Waals surface area contributed by atoms with Crippen molar-refractivity contribution in [2.24, 2.45) is 0 Å². The van der Waals surface area contributed by atoms with Crippen molar-refractivity contribution in [1.29, 1.82) is 0 Å². The van der Waals surface area contributed by atoms with Crippen LogP contribution in [0.15, 0.2) is 35.5 Å². The lowest BCUT2D eigenvalue weighted by Crippen LogP contribution is -2.09. The van der Waals surface area contributed by atoms with Crippen LogP contribution in [0, 0.1) is 20.8 Å². The second-order valence-electron chi connectivity index (χ2n) is 7.82. The van der Waals surface area contributed by atoms with Gasteiger partial charge in [-0.3, -0.25) is 4.79 Å². The van der Waals surface area contributed by atoms with Crippen molar-refractivity contribution in [3.05, 3.63) is 52.8 Å². The summed E-state index contributed by atoms with van der Waals surface area (Å²) in [6, 6.07) is 10.3. The maximum absolute atomic E-state index is 13.0. The third kappa shape index (κ3) is 5.46. The van der Waals surface area contributed by atoms with E-state index in [1.54, 1.807) is 7.11 Å². The third-order valence-electron chi connectivity index (χ3n) is 5.38. The zero-order valence-electron chi connectivity index (χ0n) is 19.1. The molecule has 6 nitrogen and oxygen atoms in total. The van der Waals surface area contributed by atoms with Crippen LogP contribution in [0.1, 0.15) is 47.1 Å². The number of rotatable bonds is 11. The minimum absolute atomic E-state index is 0.124. The Labute approximate surface area is 189 Å². The Balaban J connectivity index is 1.75. The van der Waals surface area contributed by atoms with E-state index < -0.39 is 0 Å². The number of Topliss-reactive ketones (excluding diaryl/α,β-unsaturated/α-hetero) is 1. The molecule has 0 radical (unpaired) electrons. The highest BCUT2D eigenvalue weighted by Gasteiger charge is 2.19. The van der Waals surface area contributed by atoms with Crippen molar-refractivity contribution >= 4 is 17.5 Å². The number of carbonyl (C=O) groups is 1. The van der Waals surface area contributed by atoms with Gasteiger partial charge < -0.3 is 13.9 Å². The Bertz CT molecular complexity index is 1040. The molecule has 7 heteroatoms. The van der Waals surface area contributed by atoms with E-state index in [9.17, 15) is 4.79 Å². The molecule has 0 amide bonds. The van der Waals surface area contributed by atoms with Crippen LogP contribution < -0.4 is 0 Å². The molecule has 166 valence electrons. The van der Waals surface area contributed by atoms with Gasteiger partial charge in [-0.05, 0) is 45.7 Å². The van der Waals surface area contributed by atoms with E-state index in [4.69, 9.17) is 4.74 Å². The van der Waals surface area contributed by atoms with Crippen LogP contribution in [-0.4, -0.2) is 44.6 Å². The smallest absolute Gasteiger partial charge is 0.191 e. The number of thioether (sulfide) groups is 1. The number of aryl methyl sites for hydroxylation is 2. The second kappa shape index (κ2) is 10.8. The van der Waals surface area contributed by atoms with E-state index in [0.29, 0.717) is 12.4 Å². The molecule has 0 N–H and O–H groups in total. The van der Waals surface area contributed by atoms with Crippen molar-refractivity contribution in [2.75, 3.05) is 19.5 Å². The van der Waals surface area contributed by atoms with Crippen LogP contribution >= 0.6 is 11.8 Å². The molecule has 1 aromatic carbocycles. The van der Waals surface area contributed by atoms with Crippen LogP contribution in [0.5, 0.6) is 0 Å². The number of nitrogens with zero attached hydrogens (tertiary/aromatic N) is 4. The highest BCUT2D eigenvalue weighted by molar-refractivity contribution is 7.99. The van der Waals surface area contributed by atoms with Gasteiger partial charge in [-0.1, -0.05) is 42.4 Å². The van der Waals surface area contributed by atoms with Gasteiger partial charge in [0.15, 0.2) is 16.8 Å². The van der Waals surface area contributed by atoms with E-state index >= 15 is 0 Å². The highest BCUT2D eigenvalue weighted by Crippen LogP contribution is 2.26. The van der Waals surface area contributed by atoms with Crippen LogP contribution in [0.3, 0.4) is 0 Å². The zero-order valence-corrected chi connectivity index (χ0v) is 20.0. The van der Waals surface area contributed by atoms with Crippen molar-refractivity contribution in [3.8, 4) is 11.4 Å². The van der Waals surface area contributed by atoms with Crippen molar-refractivity contribution in [1.82, 2.24) is 19.3 Å². The van der Waals surface area contributed by atoms with E-state index in [-0.39, 0.29) is 5.78 Å². The fourth-order valence-electron chi connectivity index (χ4n) is 3.82. The van der Waals surface area contributed by atoms with Crippen LogP contribution in [0.25, 0.3) is 11.4 Å². The Morgan fingerprint density at radius 2 is 1.90 bits per heavy atom. The molecule has 0 saturated heterocycles. The monoisotopic (exact) mass is 440 g/mol. The molecule has 0 saturated carbocycles. The number of ketones is 1. The maximum Gasteiger partial charge on any atom is 0.191 e. The van der Waals surface area contributed by atoms with Gasteiger partial charge in [0.25, 0.3) is 0 Å². The molecule has 2 aromatic heterocycles. The summed E-state index contributed by atoms with van der Waals surface area (Å²) in [7, 11) is 1.71. The number of benzene rings is 1. The summed E-state index contributed by atoms with van der Waals surface area (Å²) in [6.45, 7) is 10.7. The largest absolute Gasteiger partial charge is 0.385 e. The average molecular weight is 441 g/mol. The lowest BCUT2D eigenvalue weighted by Gasteiger charge is -2.10. The lowest BCUT2D eigenvalue weighted by molar-refractivity contribution is 0.102. The Morgan fingerprint density at radius 3 is 2.61 bits per heavy atom. The molecule has 2 heterocycles. The van der Waals surface area contributed by atoms with Crippen molar-refractivity contribution in [2.45, 2.75) is 58.8 Å². The van der Waals surface area contributed by atoms with Gasteiger partial charge in [0.05, 0.1) is 5.75 Å². The van der Waals surface area contributed by atoms with Gasteiger partial charge in [0.2, 0.25) is 0 Å². The molecule has 0 aliphatic rings. The summed E-state index contributed by atoms with van der Waals surface area (Å²) in [5.41, 5.74) is 5.17. The van der Waals surface area contributed by atoms with Crippen molar-refractivity contribution in [3.63, 3.8) is 0 Å². The predicted octanol–water partition coefficient (Wildman–Crippen LogP) is 5.09. The third-order valence-corrected chi connectivity index (χ3v) is 6.34. The van der Waals surface area contributed by atoms with E-state index in [1.807, 2.05) is 19.1 Å². The van der Waals surface area contributed by atoms with Gasteiger partial charge in [0, 0.05) is 49.3 Å². The molecule has 3 rings (SSSR count). The van der Waals surface area contributed by atoms with Crippen LogP contribution in [0.4, 0.5) is 0 Å². The summed E-state index contributed by atoms with van der Waals surface area (Å²) >= 11 is 1.47. The summed E-state index contributed by atoms with van der Waals surface area (Å²) < 4.78 is 9.48. The number of hydrogen-bond donors (Lipinski definition) is 0. The van der Waals surface area contributed by atoms with E-state index in [1.165, 1.54) is 17.3 Å². The van der Waals surface area contributed by atoms with Crippen molar-refractivity contribution < 1.29 is 9.53 Å². The number of hydrogen-bond acceptors (Lipinski definition) is 5. The Hall–Kier alpha value is -2.38. The molecule has 0 bridgehead atoms. The summed E-state index contributed by atoms with van der Waals surface area (Å²) in [4.78, 5) is 13.0. The number of ether oxygens (including phenoxy) is 1.